The molecule has 0 aliphatic carbocycles. The number of hydrogen-bond donors (Lipinski definition) is 0. The third kappa shape index (κ3) is 2.97. The van der Waals surface area contributed by atoms with Crippen molar-refractivity contribution in [3.05, 3.63) is 46.1 Å². The number of pyridine rings is 1. The van der Waals surface area contributed by atoms with Gasteiger partial charge in [0.25, 0.3) is 0 Å². The molecule has 1 heterocycles. The van der Waals surface area contributed by atoms with E-state index in [-0.39, 0.29) is 0 Å². The van der Waals surface area contributed by atoms with E-state index >= 15 is 0 Å². The van der Waals surface area contributed by atoms with Crippen molar-refractivity contribution in [1.29, 1.82) is 5.26 Å². The summed E-state index contributed by atoms with van der Waals surface area (Å²) < 4.78 is 0. The summed E-state index contributed by atoms with van der Waals surface area (Å²) in [5, 5.41) is 11.8. The molecule has 1 aromatic heterocycles. The number of hydrogen-bond acceptors (Lipinski definition) is 3. The third-order valence-corrected chi connectivity index (χ3v) is 1.46. The zero-order chi connectivity index (χ0) is 10.2. The van der Waals surface area contributed by atoms with Crippen molar-refractivity contribution >= 4 is 6.08 Å². The molecule has 1 rings (SSSR count). The lowest BCUT2D eigenvalue weighted by atomic mass is 10.2. The molecule has 1 aromatic rings. The third-order valence-electron chi connectivity index (χ3n) is 1.46. The van der Waals surface area contributed by atoms with Crippen LogP contribution in [0.1, 0.15) is 11.3 Å². The van der Waals surface area contributed by atoms with Gasteiger partial charge in [0.1, 0.15) is 11.8 Å². The van der Waals surface area contributed by atoms with E-state index in [4.69, 9.17) is 10.8 Å². The molecule has 5 nitrogen and oxygen atoms in total. The minimum atomic E-state index is 0.316. The topological polar surface area (TPSA) is 85.4 Å². The second-order valence-corrected chi connectivity index (χ2v) is 2.40. The van der Waals surface area contributed by atoms with E-state index in [0.29, 0.717) is 12.2 Å². The Bertz CT molecular complexity index is 406. The fourth-order valence-corrected chi connectivity index (χ4v) is 0.842. The van der Waals surface area contributed by atoms with E-state index in [1.807, 2.05) is 6.07 Å². The highest BCUT2D eigenvalue weighted by Gasteiger charge is 1.89. The van der Waals surface area contributed by atoms with Crippen LogP contribution in [0.2, 0.25) is 0 Å². The van der Waals surface area contributed by atoms with Crippen molar-refractivity contribution < 1.29 is 0 Å². The Hall–Kier alpha value is -2.31. The van der Waals surface area contributed by atoms with E-state index in [9.17, 15) is 0 Å². The predicted molar refractivity (Wildman–Crippen MR) is 52.0 cm³/mol. The maximum atomic E-state index is 8.49. The number of rotatable bonds is 3. The van der Waals surface area contributed by atoms with Crippen molar-refractivity contribution in [3.63, 3.8) is 0 Å². The molecular formula is C9H7N5. The molecule has 14 heavy (non-hydrogen) atoms. The Morgan fingerprint density at radius 2 is 2.50 bits per heavy atom. The van der Waals surface area contributed by atoms with Crippen LogP contribution < -0.4 is 0 Å². The Balaban J connectivity index is 2.65. The zero-order valence-corrected chi connectivity index (χ0v) is 7.33. The van der Waals surface area contributed by atoms with Crippen molar-refractivity contribution in [3.8, 4) is 6.07 Å². The van der Waals surface area contributed by atoms with Crippen molar-refractivity contribution in [1.82, 2.24) is 4.98 Å². The fraction of sp³-hybridized carbons (Fsp3) is 0.111. The monoisotopic (exact) mass is 185 g/mol. The van der Waals surface area contributed by atoms with Crippen molar-refractivity contribution in [2.75, 3.05) is 6.54 Å². The van der Waals surface area contributed by atoms with Gasteiger partial charge >= 0.3 is 0 Å². The smallest absolute Gasteiger partial charge is 0.140 e. The van der Waals surface area contributed by atoms with E-state index in [1.165, 1.54) is 0 Å². The lowest BCUT2D eigenvalue weighted by Crippen LogP contribution is -1.81. The molecule has 0 unspecified atom stereocenters. The van der Waals surface area contributed by atoms with Crippen LogP contribution in [-0.2, 0) is 0 Å². The molecule has 0 aliphatic heterocycles. The zero-order valence-electron chi connectivity index (χ0n) is 7.33. The number of azide groups is 1. The molecule has 0 saturated heterocycles. The molecule has 0 saturated carbocycles. The van der Waals surface area contributed by atoms with Gasteiger partial charge in [0.2, 0.25) is 0 Å². The molecule has 0 fully saturated rings. The van der Waals surface area contributed by atoms with Gasteiger partial charge in [-0.25, -0.2) is 4.98 Å². The quantitative estimate of drug-likeness (QED) is 0.411. The molecule has 68 valence electrons. The van der Waals surface area contributed by atoms with E-state index in [1.54, 1.807) is 30.5 Å². The Kier molecular flexibility index (Phi) is 3.74. The van der Waals surface area contributed by atoms with E-state index in [2.05, 4.69) is 15.0 Å². The minimum absolute atomic E-state index is 0.316. The Morgan fingerprint density at radius 3 is 3.07 bits per heavy atom. The molecule has 0 amide bonds. The van der Waals surface area contributed by atoms with Crippen molar-refractivity contribution in [2.24, 2.45) is 5.11 Å². The van der Waals surface area contributed by atoms with Crippen LogP contribution in [-0.4, -0.2) is 11.5 Å². The molecule has 0 atom stereocenters. The molecule has 5 heteroatoms. The van der Waals surface area contributed by atoms with Crippen LogP contribution in [0.15, 0.2) is 29.5 Å². The van der Waals surface area contributed by atoms with Gasteiger partial charge < -0.3 is 0 Å². The van der Waals surface area contributed by atoms with Gasteiger partial charge in [0.05, 0.1) is 0 Å². The SMILES string of the molecule is N#Cc1ccc(C=CCN=[N+]=[N-])cn1. The molecule has 0 aliphatic rings. The molecule has 0 N–H and O–H groups in total. The summed E-state index contributed by atoms with van der Waals surface area (Å²) in [6, 6.07) is 5.34. The van der Waals surface area contributed by atoms with Crippen LogP contribution >= 0.6 is 0 Å². The maximum Gasteiger partial charge on any atom is 0.140 e. The van der Waals surface area contributed by atoms with Gasteiger partial charge in [0, 0.05) is 17.7 Å². The molecule has 0 spiro atoms. The average Bonchev–Trinajstić information content (AvgIpc) is 2.25. The van der Waals surface area contributed by atoms with E-state index < -0.39 is 0 Å². The lowest BCUT2D eigenvalue weighted by molar-refractivity contribution is 1.21. The molecule has 0 bridgehead atoms. The van der Waals surface area contributed by atoms with E-state index in [0.717, 1.165) is 5.56 Å². The fourth-order valence-electron chi connectivity index (χ4n) is 0.842. The minimum Gasteiger partial charge on any atom is -0.245 e. The van der Waals surface area contributed by atoms with Crippen molar-refractivity contribution in [2.45, 2.75) is 0 Å². The molecule has 0 aromatic carbocycles. The van der Waals surface area contributed by atoms with Crippen LogP contribution in [0.3, 0.4) is 0 Å². The summed E-state index contributed by atoms with van der Waals surface area (Å²) in [6.45, 7) is 0.316. The summed E-state index contributed by atoms with van der Waals surface area (Å²) in [6.07, 6.45) is 5.09. The van der Waals surface area contributed by atoms with Gasteiger partial charge in [-0.15, -0.1) is 0 Å². The lowest BCUT2D eigenvalue weighted by Gasteiger charge is -1.91. The number of nitriles is 1. The van der Waals surface area contributed by atoms with Crippen LogP contribution in [0.4, 0.5) is 0 Å². The largest absolute Gasteiger partial charge is 0.245 e. The highest BCUT2D eigenvalue weighted by Crippen LogP contribution is 2.01. The highest BCUT2D eigenvalue weighted by molar-refractivity contribution is 5.48. The second-order valence-electron chi connectivity index (χ2n) is 2.40. The summed E-state index contributed by atoms with van der Waals surface area (Å²) >= 11 is 0. The standard InChI is InChI=1S/C9H7N5/c10-6-9-4-3-8(7-12-9)2-1-5-13-14-11/h1-4,7H,5H2. The summed E-state index contributed by atoms with van der Waals surface area (Å²) in [7, 11) is 0. The van der Waals surface area contributed by atoms with Gasteiger partial charge in [-0.05, 0) is 17.2 Å². The first-order valence-electron chi connectivity index (χ1n) is 3.90. The Morgan fingerprint density at radius 1 is 1.64 bits per heavy atom. The summed E-state index contributed by atoms with van der Waals surface area (Å²) in [5.74, 6) is 0. The van der Waals surface area contributed by atoms with Crippen LogP contribution in [0, 0.1) is 11.3 Å². The normalized spacial score (nSPS) is 9.36. The average molecular weight is 185 g/mol. The summed E-state index contributed by atoms with van der Waals surface area (Å²) in [4.78, 5) is 6.49. The van der Waals surface area contributed by atoms with Gasteiger partial charge in [-0.2, -0.15) is 5.26 Å². The second kappa shape index (κ2) is 5.36. The predicted octanol–water partition coefficient (Wildman–Crippen LogP) is 2.28. The first kappa shape index (κ1) is 9.78. The number of nitrogens with zero attached hydrogens (tertiary/aromatic N) is 5. The molecule has 0 radical (unpaired) electrons. The first-order valence-corrected chi connectivity index (χ1v) is 3.90. The Labute approximate surface area is 80.9 Å². The highest BCUT2D eigenvalue weighted by atomic mass is 15.1. The van der Waals surface area contributed by atoms with Crippen LogP contribution in [0.25, 0.3) is 16.5 Å². The number of aromatic nitrogens is 1. The first-order chi connectivity index (χ1) is 6.86. The summed E-state index contributed by atoms with van der Waals surface area (Å²) in [5.41, 5.74) is 9.27. The van der Waals surface area contributed by atoms with Gasteiger partial charge in [-0.1, -0.05) is 23.3 Å². The van der Waals surface area contributed by atoms with Crippen LogP contribution in [0.5, 0.6) is 0 Å². The molecular weight excluding hydrogens is 178 g/mol. The van der Waals surface area contributed by atoms with Gasteiger partial charge in [0.15, 0.2) is 0 Å². The maximum absolute atomic E-state index is 8.49. The van der Waals surface area contributed by atoms with Gasteiger partial charge in [-0.3, -0.25) is 0 Å².